The summed E-state index contributed by atoms with van der Waals surface area (Å²) in [5.74, 6) is -0.264. The number of carbonyl (C=O) groups is 2. The van der Waals surface area contributed by atoms with Crippen LogP contribution in [-0.2, 0) is 0 Å². The Balaban J connectivity index is 1.65. The minimum absolute atomic E-state index is 0.0646. The van der Waals surface area contributed by atoms with Gasteiger partial charge in [-0.3, -0.25) is 19.6 Å². The predicted molar refractivity (Wildman–Crippen MR) is 89.5 cm³/mol. The summed E-state index contributed by atoms with van der Waals surface area (Å²) >= 11 is 0. The molecule has 24 heavy (non-hydrogen) atoms. The van der Waals surface area contributed by atoms with E-state index in [4.69, 9.17) is 0 Å². The smallest absolute Gasteiger partial charge is 0.251 e. The molecule has 2 atom stereocenters. The van der Waals surface area contributed by atoms with Crippen LogP contribution in [0.2, 0.25) is 0 Å². The van der Waals surface area contributed by atoms with Crippen LogP contribution in [0.5, 0.6) is 0 Å². The number of hydrogen-bond donors (Lipinski definition) is 2. The van der Waals surface area contributed by atoms with Gasteiger partial charge in [-0.1, -0.05) is 12.8 Å². The van der Waals surface area contributed by atoms with Crippen LogP contribution in [0.15, 0.2) is 49.1 Å². The predicted octanol–water partition coefficient (Wildman–Crippen LogP) is 1.95. The Labute approximate surface area is 140 Å². The second-order valence-electron chi connectivity index (χ2n) is 5.92. The third-order valence-electron chi connectivity index (χ3n) is 4.28. The number of hydrogen-bond acceptors (Lipinski definition) is 4. The van der Waals surface area contributed by atoms with Gasteiger partial charge in [-0.15, -0.1) is 0 Å². The van der Waals surface area contributed by atoms with Crippen LogP contribution < -0.4 is 10.6 Å². The van der Waals surface area contributed by atoms with Gasteiger partial charge in [-0.25, -0.2) is 0 Å². The number of nitrogens with one attached hydrogen (secondary N) is 2. The van der Waals surface area contributed by atoms with Crippen LogP contribution in [0.1, 0.15) is 46.4 Å². The molecule has 2 aromatic rings. The fourth-order valence-electron chi connectivity index (χ4n) is 2.99. The first-order valence-corrected chi connectivity index (χ1v) is 8.16. The molecule has 0 saturated heterocycles. The molecule has 2 amide bonds. The number of amides is 2. The van der Waals surface area contributed by atoms with E-state index in [0.717, 1.165) is 25.7 Å². The van der Waals surface area contributed by atoms with Crippen LogP contribution in [0.25, 0.3) is 0 Å². The Hall–Kier alpha value is -2.76. The fourth-order valence-corrected chi connectivity index (χ4v) is 2.99. The first kappa shape index (κ1) is 16.1. The lowest BCUT2D eigenvalue weighted by Gasteiger charge is -2.32. The molecular weight excluding hydrogens is 304 g/mol. The summed E-state index contributed by atoms with van der Waals surface area (Å²) in [4.78, 5) is 32.5. The van der Waals surface area contributed by atoms with Gasteiger partial charge >= 0.3 is 0 Å². The van der Waals surface area contributed by atoms with E-state index < -0.39 is 0 Å². The molecule has 6 nitrogen and oxygen atoms in total. The third-order valence-corrected chi connectivity index (χ3v) is 4.28. The van der Waals surface area contributed by atoms with E-state index in [0.29, 0.717) is 11.1 Å². The van der Waals surface area contributed by atoms with Crippen molar-refractivity contribution >= 4 is 11.8 Å². The minimum atomic E-state index is -0.132. The molecule has 1 aliphatic carbocycles. The normalized spacial score (nSPS) is 20.2. The zero-order valence-electron chi connectivity index (χ0n) is 13.3. The molecule has 3 rings (SSSR count). The van der Waals surface area contributed by atoms with Crippen molar-refractivity contribution in [3.8, 4) is 0 Å². The zero-order valence-corrected chi connectivity index (χ0v) is 13.3. The molecule has 2 aromatic heterocycles. The number of rotatable bonds is 4. The first-order valence-electron chi connectivity index (χ1n) is 8.16. The SMILES string of the molecule is O=C(N[C@@H]1CCCC[C@H]1NC(=O)c1ccncc1)c1ccncc1. The summed E-state index contributed by atoms with van der Waals surface area (Å²) < 4.78 is 0. The van der Waals surface area contributed by atoms with Crippen molar-refractivity contribution in [3.63, 3.8) is 0 Å². The van der Waals surface area contributed by atoms with E-state index in [2.05, 4.69) is 20.6 Å². The maximum absolute atomic E-state index is 12.4. The number of pyridine rings is 2. The lowest BCUT2D eigenvalue weighted by Crippen LogP contribution is -2.53. The highest BCUT2D eigenvalue weighted by atomic mass is 16.2. The molecule has 1 fully saturated rings. The van der Waals surface area contributed by atoms with E-state index in [9.17, 15) is 9.59 Å². The number of aromatic nitrogens is 2. The van der Waals surface area contributed by atoms with Gasteiger partial charge in [0.15, 0.2) is 0 Å². The molecule has 0 unspecified atom stereocenters. The molecular formula is C18H20N4O2. The highest BCUT2D eigenvalue weighted by molar-refractivity contribution is 5.95. The molecule has 0 spiro atoms. The summed E-state index contributed by atoms with van der Waals surface area (Å²) in [5.41, 5.74) is 1.16. The fraction of sp³-hybridized carbons (Fsp3) is 0.333. The molecule has 0 aromatic carbocycles. The second kappa shape index (κ2) is 7.68. The van der Waals surface area contributed by atoms with Gasteiger partial charge in [0.25, 0.3) is 11.8 Å². The van der Waals surface area contributed by atoms with Gasteiger partial charge in [0.2, 0.25) is 0 Å². The molecule has 0 radical (unpaired) electrons. The average Bonchev–Trinajstić information content (AvgIpc) is 2.64. The molecule has 1 aliphatic rings. The van der Waals surface area contributed by atoms with E-state index in [1.54, 1.807) is 49.1 Å². The quantitative estimate of drug-likeness (QED) is 0.900. The van der Waals surface area contributed by atoms with E-state index >= 15 is 0 Å². The van der Waals surface area contributed by atoms with Crippen LogP contribution >= 0.6 is 0 Å². The molecule has 0 bridgehead atoms. The second-order valence-corrected chi connectivity index (χ2v) is 5.92. The van der Waals surface area contributed by atoms with Gasteiger partial charge in [-0.05, 0) is 37.1 Å². The lowest BCUT2D eigenvalue weighted by atomic mass is 9.89. The molecule has 1 saturated carbocycles. The van der Waals surface area contributed by atoms with Crippen molar-refractivity contribution in [1.29, 1.82) is 0 Å². The van der Waals surface area contributed by atoms with Gasteiger partial charge in [-0.2, -0.15) is 0 Å². The van der Waals surface area contributed by atoms with E-state index in [1.807, 2.05) is 0 Å². The van der Waals surface area contributed by atoms with Crippen LogP contribution in [0, 0.1) is 0 Å². The van der Waals surface area contributed by atoms with Gasteiger partial charge in [0.05, 0.1) is 0 Å². The summed E-state index contributed by atoms with van der Waals surface area (Å²) in [5, 5.41) is 6.10. The highest BCUT2D eigenvalue weighted by Crippen LogP contribution is 2.19. The van der Waals surface area contributed by atoms with E-state index in [-0.39, 0.29) is 23.9 Å². The first-order chi connectivity index (χ1) is 11.7. The third kappa shape index (κ3) is 3.95. The maximum Gasteiger partial charge on any atom is 0.251 e. The molecule has 2 N–H and O–H groups in total. The summed E-state index contributed by atoms with van der Waals surface area (Å²) in [6, 6.07) is 6.60. The summed E-state index contributed by atoms with van der Waals surface area (Å²) in [7, 11) is 0. The number of nitrogens with zero attached hydrogens (tertiary/aromatic N) is 2. The molecule has 6 heteroatoms. The highest BCUT2D eigenvalue weighted by Gasteiger charge is 2.28. The average molecular weight is 324 g/mol. The topological polar surface area (TPSA) is 84.0 Å². The Bertz CT molecular complexity index is 629. The minimum Gasteiger partial charge on any atom is -0.347 e. The van der Waals surface area contributed by atoms with Crippen molar-refractivity contribution in [1.82, 2.24) is 20.6 Å². The Kier molecular flexibility index (Phi) is 5.15. The Morgan fingerprint density at radius 3 is 1.50 bits per heavy atom. The van der Waals surface area contributed by atoms with Crippen LogP contribution in [0.3, 0.4) is 0 Å². The van der Waals surface area contributed by atoms with Crippen LogP contribution in [-0.4, -0.2) is 33.9 Å². The Morgan fingerprint density at radius 1 is 0.750 bits per heavy atom. The van der Waals surface area contributed by atoms with E-state index in [1.165, 1.54) is 0 Å². The van der Waals surface area contributed by atoms with Crippen molar-refractivity contribution in [3.05, 3.63) is 60.2 Å². The van der Waals surface area contributed by atoms with Gasteiger partial charge in [0, 0.05) is 48.0 Å². The largest absolute Gasteiger partial charge is 0.347 e. The molecule has 2 heterocycles. The van der Waals surface area contributed by atoms with Crippen LogP contribution in [0.4, 0.5) is 0 Å². The maximum atomic E-state index is 12.4. The van der Waals surface area contributed by atoms with Crippen molar-refractivity contribution in [2.24, 2.45) is 0 Å². The number of carbonyl (C=O) groups excluding carboxylic acids is 2. The molecule has 124 valence electrons. The monoisotopic (exact) mass is 324 g/mol. The van der Waals surface area contributed by atoms with Crippen molar-refractivity contribution in [2.45, 2.75) is 37.8 Å². The van der Waals surface area contributed by atoms with Crippen molar-refractivity contribution < 1.29 is 9.59 Å². The summed E-state index contributed by atoms with van der Waals surface area (Å²) in [6.07, 6.45) is 10.2. The summed E-state index contributed by atoms with van der Waals surface area (Å²) in [6.45, 7) is 0. The van der Waals surface area contributed by atoms with Gasteiger partial charge in [0.1, 0.15) is 0 Å². The standard InChI is InChI=1S/C18H20N4O2/c23-17(13-5-9-19-10-6-13)21-15-3-1-2-4-16(15)22-18(24)14-7-11-20-12-8-14/h5-12,15-16H,1-4H2,(H,21,23)(H,22,24)/t15-,16-/m1/s1. The molecule has 0 aliphatic heterocycles. The van der Waals surface area contributed by atoms with Gasteiger partial charge < -0.3 is 10.6 Å². The lowest BCUT2D eigenvalue weighted by molar-refractivity contribution is 0.0862. The Morgan fingerprint density at radius 2 is 1.12 bits per heavy atom. The zero-order chi connectivity index (χ0) is 16.8. The van der Waals surface area contributed by atoms with Crippen molar-refractivity contribution in [2.75, 3.05) is 0 Å².